The third-order valence-electron chi connectivity index (χ3n) is 4.77. The molecule has 0 amide bonds. The number of ether oxygens (including phenoxy) is 1. The average Bonchev–Trinajstić information content (AvgIpc) is 2.52. The van der Waals surface area contributed by atoms with Crippen molar-refractivity contribution in [3.8, 4) is 11.5 Å². The molecule has 0 saturated heterocycles. The van der Waals surface area contributed by atoms with E-state index in [0.29, 0.717) is 0 Å². The van der Waals surface area contributed by atoms with E-state index in [4.69, 9.17) is 4.74 Å². The molecule has 0 saturated carbocycles. The van der Waals surface area contributed by atoms with Gasteiger partial charge in [0.15, 0.2) is 11.6 Å². The number of aliphatic hydroxyl groups excluding tert-OH is 2. The predicted molar refractivity (Wildman–Crippen MR) is 77.5 cm³/mol. The number of aliphatic hydroxyl groups is 2. The highest BCUT2D eigenvalue weighted by molar-refractivity contribution is 6.29. The molecule has 0 aromatic heterocycles. The fraction of sp³-hybridized carbons (Fsp3) is 0.375. The van der Waals surface area contributed by atoms with Gasteiger partial charge in [-0.15, -0.1) is 0 Å². The Balaban J connectivity index is 2.27. The number of phenolic OH excluding ortho intramolecular Hbond substituents is 2. The zero-order valence-corrected chi connectivity index (χ0v) is 12.5. The second kappa shape index (κ2) is 4.89. The van der Waals surface area contributed by atoms with Crippen molar-refractivity contribution in [2.24, 2.45) is 0 Å². The average molecular weight is 320 g/mol. The minimum Gasteiger partial charge on any atom is -0.507 e. The first-order chi connectivity index (χ1) is 10.7. The highest BCUT2D eigenvalue weighted by Gasteiger charge is 2.52. The molecule has 0 fully saturated rings. The van der Waals surface area contributed by atoms with Gasteiger partial charge in [-0.2, -0.15) is 0 Å². The molecule has 3 atom stereocenters. The van der Waals surface area contributed by atoms with Crippen molar-refractivity contribution in [3.05, 3.63) is 34.4 Å². The van der Waals surface area contributed by atoms with Crippen molar-refractivity contribution in [2.75, 3.05) is 7.11 Å². The number of methoxy groups -OCH3 is 1. The Morgan fingerprint density at radius 2 is 1.61 bits per heavy atom. The lowest BCUT2D eigenvalue weighted by Gasteiger charge is -2.43. The van der Waals surface area contributed by atoms with Gasteiger partial charge < -0.3 is 25.2 Å². The fourth-order valence-electron chi connectivity index (χ4n) is 3.19. The van der Waals surface area contributed by atoms with Crippen LogP contribution in [0.3, 0.4) is 0 Å². The summed E-state index contributed by atoms with van der Waals surface area (Å²) in [6.45, 7) is 1.43. The minimum absolute atomic E-state index is 0.0714. The molecule has 0 radical (unpaired) electrons. The lowest BCUT2D eigenvalue weighted by Crippen LogP contribution is -2.57. The minimum atomic E-state index is -1.54. The molecule has 1 aromatic carbocycles. The number of Topliss-reactive ketones (excluding diaryl/α,β-unsaturated/α-hetero) is 2. The number of carbonyl (C=O) groups excluding carboxylic acids is 2. The summed E-state index contributed by atoms with van der Waals surface area (Å²) >= 11 is 0. The van der Waals surface area contributed by atoms with Crippen LogP contribution in [0.5, 0.6) is 11.5 Å². The monoisotopic (exact) mass is 320 g/mol. The summed E-state index contributed by atoms with van der Waals surface area (Å²) in [7, 11) is 1.28. The van der Waals surface area contributed by atoms with E-state index in [2.05, 4.69) is 0 Å². The molecule has 0 aliphatic heterocycles. The Bertz CT molecular complexity index is 764. The van der Waals surface area contributed by atoms with Crippen molar-refractivity contribution in [1.82, 2.24) is 0 Å². The highest BCUT2D eigenvalue weighted by Crippen LogP contribution is 2.44. The van der Waals surface area contributed by atoms with Crippen molar-refractivity contribution in [3.63, 3.8) is 0 Å². The SMILES string of the molecule is CO[C@@]1(C)[C@@H](O)CC2=C(C(=O)c3c(O)ccc(O)c3C2=O)[C@@H]1O. The van der Waals surface area contributed by atoms with Crippen LogP contribution in [0.4, 0.5) is 0 Å². The van der Waals surface area contributed by atoms with Crippen molar-refractivity contribution >= 4 is 11.6 Å². The molecule has 0 unspecified atom stereocenters. The van der Waals surface area contributed by atoms with Crippen LogP contribution in [-0.4, -0.2) is 56.9 Å². The van der Waals surface area contributed by atoms with Crippen LogP contribution in [0.1, 0.15) is 34.1 Å². The Hall–Kier alpha value is -2.22. The summed E-state index contributed by atoms with van der Waals surface area (Å²) in [5, 5.41) is 40.5. The number of ketones is 2. The number of benzene rings is 1. The van der Waals surface area contributed by atoms with Crippen LogP contribution in [0, 0.1) is 0 Å². The van der Waals surface area contributed by atoms with Gasteiger partial charge in [-0.25, -0.2) is 0 Å². The lowest BCUT2D eigenvalue weighted by molar-refractivity contribution is -0.148. The molecule has 2 aliphatic rings. The first-order valence-electron chi connectivity index (χ1n) is 7.02. The zero-order chi connectivity index (χ0) is 17.1. The van der Waals surface area contributed by atoms with Crippen LogP contribution < -0.4 is 0 Å². The molecule has 7 nitrogen and oxygen atoms in total. The van der Waals surface area contributed by atoms with E-state index in [1.165, 1.54) is 14.0 Å². The molecule has 7 heteroatoms. The second-order valence-corrected chi connectivity index (χ2v) is 5.91. The van der Waals surface area contributed by atoms with E-state index in [-0.39, 0.29) is 28.7 Å². The Kier molecular flexibility index (Phi) is 3.33. The molecule has 0 spiro atoms. The highest BCUT2D eigenvalue weighted by atomic mass is 16.5. The van der Waals surface area contributed by atoms with E-state index in [1.807, 2.05) is 0 Å². The van der Waals surface area contributed by atoms with Crippen molar-refractivity contribution in [2.45, 2.75) is 31.2 Å². The maximum absolute atomic E-state index is 12.7. The van der Waals surface area contributed by atoms with Gasteiger partial charge in [0.2, 0.25) is 0 Å². The summed E-state index contributed by atoms with van der Waals surface area (Å²) < 4.78 is 5.17. The number of rotatable bonds is 1. The van der Waals surface area contributed by atoms with Gasteiger partial charge in [-0.1, -0.05) is 0 Å². The van der Waals surface area contributed by atoms with Gasteiger partial charge in [0, 0.05) is 24.7 Å². The van der Waals surface area contributed by atoms with E-state index >= 15 is 0 Å². The zero-order valence-electron chi connectivity index (χ0n) is 12.5. The maximum Gasteiger partial charge on any atom is 0.196 e. The van der Waals surface area contributed by atoms with Gasteiger partial charge in [0.1, 0.15) is 23.2 Å². The number of aromatic hydroxyl groups is 2. The standard InChI is InChI=1S/C16H16O7/c1-16(23-2)9(19)5-6-10(15(16)22)14(21)12-8(18)4-3-7(17)11(12)13(6)20/h3-4,9,15,17-19,22H,5H2,1-2H3/t9-,15-,16-/m0/s1. The van der Waals surface area contributed by atoms with Crippen LogP contribution in [0.25, 0.3) is 0 Å². The first kappa shape index (κ1) is 15.7. The van der Waals surface area contributed by atoms with Crippen LogP contribution in [0.15, 0.2) is 23.3 Å². The Morgan fingerprint density at radius 3 is 2.13 bits per heavy atom. The number of hydrogen-bond acceptors (Lipinski definition) is 7. The van der Waals surface area contributed by atoms with E-state index in [0.717, 1.165) is 12.1 Å². The molecule has 2 aliphatic carbocycles. The summed E-state index contributed by atoms with van der Waals surface area (Å²) in [6, 6.07) is 2.21. The summed E-state index contributed by atoms with van der Waals surface area (Å²) in [5.74, 6) is -2.35. The van der Waals surface area contributed by atoms with E-state index in [9.17, 15) is 30.0 Å². The number of fused-ring (bicyclic) bond motifs is 1. The quantitative estimate of drug-likeness (QED) is 0.549. The van der Waals surface area contributed by atoms with Crippen LogP contribution in [0.2, 0.25) is 0 Å². The van der Waals surface area contributed by atoms with E-state index < -0.39 is 40.9 Å². The van der Waals surface area contributed by atoms with Gasteiger partial charge in [-0.05, 0) is 19.1 Å². The molecule has 0 bridgehead atoms. The van der Waals surface area contributed by atoms with E-state index in [1.54, 1.807) is 0 Å². The van der Waals surface area contributed by atoms with Gasteiger partial charge in [0.25, 0.3) is 0 Å². The molecule has 4 N–H and O–H groups in total. The topological polar surface area (TPSA) is 124 Å². The fourth-order valence-corrected chi connectivity index (χ4v) is 3.19. The Labute approximate surface area is 131 Å². The van der Waals surface area contributed by atoms with Crippen molar-refractivity contribution < 1.29 is 34.8 Å². The van der Waals surface area contributed by atoms with Crippen LogP contribution >= 0.6 is 0 Å². The largest absolute Gasteiger partial charge is 0.507 e. The Morgan fingerprint density at radius 1 is 1.09 bits per heavy atom. The molecule has 0 heterocycles. The van der Waals surface area contributed by atoms with Crippen LogP contribution in [-0.2, 0) is 4.74 Å². The van der Waals surface area contributed by atoms with Gasteiger partial charge >= 0.3 is 0 Å². The molecular weight excluding hydrogens is 304 g/mol. The maximum atomic E-state index is 12.7. The molecular formula is C16H16O7. The lowest BCUT2D eigenvalue weighted by atomic mass is 9.69. The third-order valence-corrected chi connectivity index (χ3v) is 4.77. The number of hydrogen-bond donors (Lipinski definition) is 4. The molecule has 3 rings (SSSR count). The second-order valence-electron chi connectivity index (χ2n) is 5.91. The van der Waals surface area contributed by atoms with Crippen molar-refractivity contribution in [1.29, 1.82) is 0 Å². The van der Waals surface area contributed by atoms with Gasteiger partial charge in [0.05, 0.1) is 17.2 Å². The number of carbonyl (C=O) groups is 2. The normalized spacial score (nSPS) is 30.3. The summed E-state index contributed by atoms with van der Waals surface area (Å²) in [6.07, 6.45) is -2.95. The molecule has 122 valence electrons. The summed E-state index contributed by atoms with van der Waals surface area (Å²) in [4.78, 5) is 25.3. The molecule has 23 heavy (non-hydrogen) atoms. The smallest absolute Gasteiger partial charge is 0.196 e. The molecule has 1 aromatic rings. The summed E-state index contributed by atoms with van der Waals surface area (Å²) in [5.41, 5.74) is -2.40. The third kappa shape index (κ3) is 1.87. The number of phenols is 2. The predicted octanol–water partition coefficient (Wildman–Crippen LogP) is 0.304. The van der Waals surface area contributed by atoms with Gasteiger partial charge in [-0.3, -0.25) is 9.59 Å². The first-order valence-corrected chi connectivity index (χ1v) is 7.02.